The number of thiocarbonyl (C=S) groups is 1. The summed E-state index contributed by atoms with van der Waals surface area (Å²) in [5.41, 5.74) is 3.31. The molecule has 35 heavy (non-hydrogen) atoms. The molecule has 0 spiro atoms. The molecule has 1 saturated heterocycles. The van der Waals surface area contributed by atoms with E-state index >= 15 is 0 Å². The van der Waals surface area contributed by atoms with Gasteiger partial charge in [0.2, 0.25) is 5.88 Å². The van der Waals surface area contributed by atoms with Gasteiger partial charge >= 0.3 is 0 Å². The van der Waals surface area contributed by atoms with Crippen LogP contribution in [-0.4, -0.2) is 30.6 Å². The summed E-state index contributed by atoms with van der Waals surface area (Å²) in [6, 6.07) is 9.69. The molecule has 1 amide bonds. The number of thioether (sulfide) groups is 1. The number of ether oxygens (including phenoxy) is 1. The van der Waals surface area contributed by atoms with E-state index in [2.05, 4.69) is 13.8 Å². The third-order valence-corrected chi connectivity index (χ3v) is 7.51. The fraction of sp³-hybridized carbons (Fsp3) is 0.333. The van der Waals surface area contributed by atoms with Crippen molar-refractivity contribution in [2.75, 3.05) is 0 Å². The highest BCUT2D eigenvalue weighted by molar-refractivity contribution is 8.26. The van der Waals surface area contributed by atoms with Crippen LogP contribution in [0.2, 0.25) is 0 Å². The molecule has 8 heteroatoms. The number of hydrogen-bond donors (Lipinski definition) is 0. The second-order valence-electron chi connectivity index (χ2n) is 9.13. The van der Waals surface area contributed by atoms with E-state index in [1.165, 1.54) is 16.2 Å². The van der Waals surface area contributed by atoms with Crippen molar-refractivity contribution in [2.24, 2.45) is 0 Å². The predicted molar refractivity (Wildman–Crippen MR) is 146 cm³/mol. The van der Waals surface area contributed by atoms with Gasteiger partial charge in [-0.05, 0) is 68.0 Å². The molecular formula is C27H29N3O3S2. The summed E-state index contributed by atoms with van der Waals surface area (Å²) in [6.07, 6.45) is 4.03. The third kappa shape index (κ3) is 4.77. The van der Waals surface area contributed by atoms with E-state index < -0.39 is 0 Å². The molecular weight excluding hydrogens is 478 g/mol. The number of benzene rings is 1. The van der Waals surface area contributed by atoms with Gasteiger partial charge in [-0.15, -0.1) is 0 Å². The fourth-order valence-electron chi connectivity index (χ4n) is 3.98. The van der Waals surface area contributed by atoms with Gasteiger partial charge in [0.25, 0.3) is 11.5 Å². The van der Waals surface area contributed by atoms with Crippen LogP contribution in [0, 0.1) is 13.8 Å². The lowest BCUT2D eigenvalue weighted by molar-refractivity contribution is -0.123. The maximum atomic E-state index is 13.7. The third-order valence-electron chi connectivity index (χ3n) is 6.18. The highest BCUT2D eigenvalue weighted by Crippen LogP contribution is 2.37. The Hall–Kier alpha value is -2.97. The lowest BCUT2D eigenvalue weighted by Crippen LogP contribution is -2.36. The van der Waals surface area contributed by atoms with E-state index in [9.17, 15) is 9.59 Å². The van der Waals surface area contributed by atoms with Gasteiger partial charge in [0.05, 0.1) is 4.91 Å². The summed E-state index contributed by atoms with van der Waals surface area (Å²) in [7, 11) is 0. The molecule has 0 aliphatic carbocycles. The second kappa shape index (κ2) is 9.95. The van der Waals surface area contributed by atoms with Crippen molar-refractivity contribution in [1.29, 1.82) is 0 Å². The first-order valence-electron chi connectivity index (χ1n) is 11.7. The molecule has 0 N–H and O–H groups in total. The van der Waals surface area contributed by atoms with E-state index in [1.54, 1.807) is 23.2 Å². The molecule has 0 radical (unpaired) electrons. The standard InChI is InChI=1S/C27H29N3O3S2/c1-7-18(6)30-26(32)22(35-27(30)34)14-20-24(28-23-17(5)9-8-12-29(23)25(20)31)33-21-13-16(4)10-11-19(21)15(2)3/h8-15,18H,7H2,1-6H3/b22-14+. The first kappa shape index (κ1) is 25.1. The van der Waals surface area contributed by atoms with Crippen molar-refractivity contribution in [3.8, 4) is 11.6 Å². The Kier molecular flexibility index (Phi) is 7.15. The lowest BCUT2D eigenvalue weighted by atomic mass is 10.0. The average Bonchev–Trinajstić information content (AvgIpc) is 3.09. The zero-order valence-corrected chi connectivity index (χ0v) is 22.4. The van der Waals surface area contributed by atoms with Crippen LogP contribution in [0.1, 0.15) is 62.3 Å². The molecule has 1 aliphatic heterocycles. The summed E-state index contributed by atoms with van der Waals surface area (Å²) >= 11 is 6.68. The molecule has 182 valence electrons. The molecule has 1 unspecified atom stereocenters. The highest BCUT2D eigenvalue weighted by atomic mass is 32.2. The van der Waals surface area contributed by atoms with Gasteiger partial charge in [0.1, 0.15) is 21.3 Å². The average molecular weight is 508 g/mol. The number of fused-ring (bicyclic) bond motifs is 1. The highest BCUT2D eigenvalue weighted by Gasteiger charge is 2.35. The van der Waals surface area contributed by atoms with Crippen molar-refractivity contribution in [1.82, 2.24) is 14.3 Å². The van der Waals surface area contributed by atoms with Gasteiger partial charge in [-0.3, -0.25) is 18.9 Å². The number of hydrogen-bond acceptors (Lipinski definition) is 6. The van der Waals surface area contributed by atoms with Crippen LogP contribution in [0.25, 0.3) is 11.7 Å². The Balaban J connectivity index is 1.92. The van der Waals surface area contributed by atoms with Crippen LogP contribution in [0.4, 0.5) is 0 Å². The van der Waals surface area contributed by atoms with E-state index in [4.69, 9.17) is 21.9 Å². The van der Waals surface area contributed by atoms with E-state index in [0.29, 0.717) is 20.6 Å². The van der Waals surface area contributed by atoms with Crippen LogP contribution in [0.5, 0.6) is 11.6 Å². The van der Waals surface area contributed by atoms with Crippen LogP contribution < -0.4 is 10.3 Å². The number of carbonyl (C=O) groups is 1. The Bertz CT molecular complexity index is 1430. The first-order chi connectivity index (χ1) is 16.6. The molecule has 0 saturated carbocycles. The number of aryl methyl sites for hydroxylation is 2. The Morgan fingerprint density at radius 3 is 2.60 bits per heavy atom. The minimum absolute atomic E-state index is 0.0245. The van der Waals surface area contributed by atoms with Crippen molar-refractivity contribution in [3.05, 3.63) is 74.0 Å². The van der Waals surface area contributed by atoms with Gasteiger partial charge in [-0.1, -0.05) is 63.0 Å². The molecule has 4 rings (SSSR count). The zero-order valence-electron chi connectivity index (χ0n) is 20.8. The number of aromatic nitrogens is 2. The monoisotopic (exact) mass is 507 g/mol. The number of carbonyl (C=O) groups excluding carboxylic acids is 1. The number of amides is 1. The van der Waals surface area contributed by atoms with Crippen LogP contribution in [-0.2, 0) is 4.79 Å². The number of nitrogens with zero attached hydrogens (tertiary/aromatic N) is 3. The maximum Gasteiger partial charge on any atom is 0.269 e. The Morgan fingerprint density at radius 1 is 1.17 bits per heavy atom. The minimum atomic E-state index is -0.304. The SMILES string of the molecule is CCC(C)N1C(=O)/C(=C\c2c(Oc3cc(C)ccc3C(C)C)nc3c(C)cccn3c2=O)SC1=S. The topological polar surface area (TPSA) is 63.9 Å². The van der Waals surface area contributed by atoms with Crippen molar-refractivity contribution >= 4 is 45.9 Å². The quantitative estimate of drug-likeness (QED) is 0.291. The smallest absolute Gasteiger partial charge is 0.269 e. The van der Waals surface area contributed by atoms with Crippen molar-refractivity contribution in [2.45, 2.75) is 59.9 Å². The fourth-order valence-corrected chi connectivity index (χ4v) is 5.42. The van der Waals surface area contributed by atoms with Crippen LogP contribution in [0.15, 0.2) is 46.2 Å². The largest absolute Gasteiger partial charge is 0.438 e. The molecule has 3 heterocycles. The van der Waals surface area contributed by atoms with Crippen molar-refractivity contribution < 1.29 is 9.53 Å². The van der Waals surface area contributed by atoms with E-state index in [-0.39, 0.29) is 34.9 Å². The zero-order chi connectivity index (χ0) is 25.4. The molecule has 1 fully saturated rings. The normalized spacial score (nSPS) is 16.1. The van der Waals surface area contributed by atoms with Crippen LogP contribution >= 0.6 is 24.0 Å². The second-order valence-corrected chi connectivity index (χ2v) is 10.8. The Morgan fingerprint density at radius 2 is 1.91 bits per heavy atom. The van der Waals surface area contributed by atoms with E-state index in [1.807, 2.05) is 52.0 Å². The van der Waals surface area contributed by atoms with Gasteiger partial charge in [0, 0.05) is 12.2 Å². The maximum absolute atomic E-state index is 13.7. The van der Waals surface area contributed by atoms with Crippen molar-refractivity contribution in [3.63, 3.8) is 0 Å². The molecule has 1 atom stereocenters. The summed E-state index contributed by atoms with van der Waals surface area (Å²) < 4.78 is 8.34. The number of rotatable bonds is 6. The molecule has 2 aromatic heterocycles. The molecule has 6 nitrogen and oxygen atoms in total. The summed E-state index contributed by atoms with van der Waals surface area (Å²) in [6.45, 7) is 12.0. The number of pyridine rings is 1. The predicted octanol–water partition coefficient (Wildman–Crippen LogP) is 6.23. The molecule has 1 aromatic carbocycles. The Labute approximate surface area is 215 Å². The van der Waals surface area contributed by atoms with Gasteiger partial charge in [-0.25, -0.2) is 0 Å². The first-order valence-corrected chi connectivity index (χ1v) is 12.9. The van der Waals surface area contributed by atoms with Gasteiger partial charge in [0.15, 0.2) is 0 Å². The van der Waals surface area contributed by atoms with Gasteiger partial charge in [-0.2, -0.15) is 4.98 Å². The van der Waals surface area contributed by atoms with Gasteiger partial charge < -0.3 is 4.74 Å². The molecule has 1 aliphatic rings. The summed E-state index contributed by atoms with van der Waals surface area (Å²) in [5, 5.41) is 0. The molecule has 0 bridgehead atoms. The summed E-state index contributed by atoms with van der Waals surface area (Å²) in [5.74, 6) is 0.828. The minimum Gasteiger partial charge on any atom is -0.438 e. The van der Waals surface area contributed by atoms with Crippen LogP contribution in [0.3, 0.4) is 0 Å². The summed E-state index contributed by atoms with van der Waals surface area (Å²) in [4.78, 5) is 33.6. The molecule has 3 aromatic rings. The van der Waals surface area contributed by atoms with E-state index in [0.717, 1.165) is 23.1 Å². The lowest BCUT2D eigenvalue weighted by Gasteiger charge is -2.21.